The van der Waals surface area contributed by atoms with E-state index in [0.717, 1.165) is 11.1 Å². The van der Waals surface area contributed by atoms with E-state index in [0.29, 0.717) is 45.5 Å². The van der Waals surface area contributed by atoms with Gasteiger partial charge in [-0.2, -0.15) is 15.3 Å². The third kappa shape index (κ3) is 5.35. The maximum absolute atomic E-state index is 13.5. The van der Waals surface area contributed by atoms with E-state index in [-0.39, 0.29) is 11.4 Å². The lowest BCUT2D eigenvalue weighted by atomic mass is 10.1. The second-order valence-corrected chi connectivity index (χ2v) is 8.85. The second-order valence-electron chi connectivity index (χ2n) is 7.91. The number of nitrogens with zero attached hydrogens (tertiary/aromatic N) is 5. The van der Waals surface area contributed by atoms with E-state index < -0.39 is 0 Å². The molecule has 7 nitrogen and oxygen atoms in total. The molecular formula is C25H22FN5O2S. The number of aromatic nitrogens is 4. The smallest absolute Gasteiger partial charge is 0.277 e. The fourth-order valence-electron chi connectivity index (χ4n) is 3.42. The third-order valence-corrected chi connectivity index (χ3v) is 6.28. The van der Waals surface area contributed by atoms with Crippen LogP contribution in [0.5, 0.6) is 11.5 Å². The number of halogens is 1. The highest BCUT2D eigenvalue weighted by Crippen LogP contribution is 2.29. The van der Waals surface area contributed by atoms with Gasteiger partial charge in [-0.15, -0.1) is 0 Å². The van der Waals surface area contributed by atoms with Crippen LogP contribution in [0.1, 0.15) is 27.8 Å². The molecular weight excluding hydrogens is 453 g/mol. The molecule has 172 valence electrons. The first-order chi connectivity index (χ1) is 16.3. The normalized spacial score (nSPS) is 10.8. The Morgan fingerprint density at radius 3 is 2.68 bits per heavy atom. The summed E-state index contributed by atoms with van der Waals surface area (Å²) in [6, 6.07) is 11.9. The van der Waals surface area contributed by atoms with Gasteiger partial charge in [-0.05, 0) is 53.9 Å². The van der Waals surface area contributed by atoms with Gasteiger partial charge < -0.3 is 9.30 Å². The molecule has 0 aliphatic carbocycles. The number of nitriles is 1. The summed E-state index contributed by atoms with van der Waals surface area (Å²) in [6.45, 7) is 1.65. The summed E-state index contributed by atoms with van der Waals surface area (Å²) in [6.07, 6.45) is 5.88. The molecule has 4 rings (SSSR count). The van der Waals surface area contributed by atoms with Gasteiger partial charge in [0.1, 0.15) is 23.4 Å². The SMILES string of the molecule is Cc1cc(Oc2ccc(CSc3nc(=O)c(Cc4cnn(C)c4)cn3C)cc2C#N)ccc1F. The third-order valence-electron chi connectivity index (χ3n) is 5.17. The largest absolute Gasteiger partial charge is 0.456 e. The fraction of sp³-hybridized carbons (Fsp3) is 0.200. The van der Waals surface area contributed by atoms with E-state index in [2.05, 4.69) is 16.2 Å². The van der Waals surface area contributed by atoms with Crippen LogP contribution < -0.4 is 10.3 Å². The average molecular weight is 476 g/mol. The Labute approximate surface area is 200 Å². The molecule has 0 saturated heterocycles. The van der Waals surface area contributed by atoms with Crippen molar-refractivity contribution in [3.05, 3.63) is 99.0 Å². The Balaban J connectivity index is 1.46. The predicted octanol–water partition coefficient (Wildman–Crippen LogP) is 4.51. The molecule has 0 aliphatic rings. The standard InChI is InChI=1S/C25H22FN5O2S/c1-16-8-21(5-6-22(16)26)33-23-7-4-17(9-19(23)11-27)15-34-25-29-24(32)20(14-30(25)2)10-18-12-28-31(3)13-18/h4-9,12-14H,10,15H2,1-3H3. The van der Waals surface area contributed by atoms with Crippen LogP contribution in [-0.4, -0.2) is 19.3 Å². The van der Waals surface area contributed by atoms with Crippen LogP contribution in [0.3, 0.4) is 0 Å². The number of rotatable bonds is 7. The molecule has 2 aromatic carbocycles. The summed E-state index contributed by atoms with van der Waals surface area (Å²) in [5.74, 6) is 1.07. The molecule has 4 aromatic rings. The van der Waals surface area contributed by atoms with Crippen LogP contribution in [0, 0.1) is 24.1 Å². The van der Waals surface area contributed by atoms with Crippen molar-refractivity contribution in [3.8, 4) is 17.6 Å². The van der Waals surface area contributed by atoms with Crippen molar-refractivity contribution in [1.29, 1.82) is 5.26 Å². The van der Waals surface area contributed by atoms with Crippen molar-refractivity contribution in [2.45, 2.75) is 24.3 Å². The molecule has 0 amide bonds. The van der Waals surface area contributed by atoms with Crippen molar-refractivity contribution in [1.82, 2.24) is 19.3 Å². The number of benzene rings is 2. The Morgan fingerprint density at radius 1 is 1.15 bits per heavy atom. The molecule has 0 aliphatic heterocycles. The van der Waals surface area contributed by atoms with Gasteiger partial charge in [0.05, 0.1) is 11.8 Å². The van der Waals surface area contributed by atoms with Crippen molar-refractivity contribution < 1.29 is 9.13 Å². The van der Waals surface area contributed by atoms with E-state index in [1.54, 1.807) is 42.2 Å². The Morgan fingerprint density at radius 2 is 1.97 bits per heavy atom. The topological polar surface area (TPSA) is 85.7 Å². The Hall–Kier alpha value is -3.90. The van der Waals surface area contributed by atoms with Gasteiger partial charge in [0.2, 0.25) is 0 Å². The van der Waals surface area contributed by atoms with Gasteiger partial charge in [0.25, 0.3) is 5.56 Å². The van der Waals surface area contributed by atoms with Gasteiger partial charge in [0.15, 0.2) is 5.16 Å². The number of hydrogen-bond acceptors (Lipinski definition) is 6. The van der Waals surface area contributed by atoms with Crippen LogP contribution in [0.15, 0.2) is 64.9 Å². The molecule has 0 spiro atoms. The van der Waals surface area contributed by atoms with Gasteiger partial charge in [-0.1, -0.05) is 17.8 Å². The lowest BCUT2D eigenvalue weighted by Gasteiger charge is -2.11. The van der Waals surface area contributed by atoms with E-state index in [9.17, 15) is 14.4 Å². The lowest BCUT2D eigenvalue weighted by Crippen LogP contribution is -2.18. The maximum atomic E-state index is 13.5. The molecule has 2 heterocycles. The molecule has 34 heavy (non-hydrogen) atoms. The zero-order chi connectivity index (χ0) is 24.2. The summed E-state index contributed by atoms with van der Waals surface area (Å²) in [4.78, 5) is 16.8. The minimum atomic E-state index is -0.312. The first kappa shape index (κ1) is 23.3. The predicted molar refractivity (Wildman–Crippen MR) is 127 cm³/mol. The molecule has 0 fully saturated rings. The summed E-state index contributed by atoms with van der Waals surface area (Å²) in [5, 5.41) is 14.3. The molecule has 0 saturated carbocycles. The Bertz CT molecular complexity index is 1450. The van der Waals surface area contributed by atoms with Gasteiger partial charge in [-0.25, -0.2) is 4.39 Å². The van der Waals surface area contributed by atoms with Crippen molar-refractivity contribution in [2.24, 2.45) is 14.1 Å². The van der Waals surface area contributed by atoms with E-state index in [4.69, 9.17) is 4.74 Å². The fourth-order valence-corrected chi connectivity index (χ4v) is 4.30. The van der Waals surface area contributed by atoms with Crippen molar-refractivity contribution in [3.63, 3.8) is 0 Å². The van der Waals surface area contributed by atoms with Crippen LogP contribution in [-0.2, 0) is 26.3 Å². The first-order valence-corrected chi connectivity index (χ1v) is 11.4. The highest BCUT2D eigenvalue weighted by molar-refractivity contribution is 7.98. The minimum absolute atomic E-state index is 0.263. The molecule has 9 heteroatoms. The quantitative estimate of drug-likeness (QED) is 0.289. The maximum Gasteiger partial charge on any atom is 0.277 e. The van der Waals surface area contributed by atoms with Crippen LogP contribution in [0.2, 0.25) is 0 Å². The second kappa shape index (κ2) is 9.93. The highest BCUT2D eigenvalue weighted by atomic mass is 32.2. The summed E-state index contributed by atoms with van der Waals surface area (Å²) >= 11 is 1.41. The number of aryl methyl sites for hydroxylation is 3. The molecule has 0 N–H and O–H groups in total. The molecule has 2 aromatic heterocycles. The molecule has 0 bridgehead atoms. The summed E-state index contributed by atoms with van der Waals surface area (Å²) in [7, 11) is 3.68. The molecule has 0 radical (unpaired) electrons. The summed E-state index contributed by atoms with van der Waals surface area (Å²) < 4.78 is 22.8. The number of hydrogen-bond donors (Lipinski definition) is 0. The van der Waals surface area contributed by atoms with E-state index in [1.165, 1.54) is 23.9 Å². The zero-order valence-corrected chi connectivity index (χ0v) is 19.8. The van der Waals surface area contributed by atoms with Crippen LogP contribution >= 0.6 is 11.8 Å². The van der Waals surface area contributed by atoms with Gasteiger partial charge >= 0.3 is 0 Å². The Kier molecular flexibility index (Phi) is 6.80. The zero-order valence-electron chi connectivity index (χ0n) is 18.9. The first-order valence-electron chi connectivity index (χ1n) is 10.5. The van der Waals surface area contributed by atoms with E-state index in [1.807, 2.05) is 30.9 Å². The van der Waals surface area contributed by atoms with E-state index >= 15 is 0 Å². The highest BCUT2D eigenvalue weighted by Gasteiger charge is 2.11. The van der Waals surface area contributed by atoms with Crippen LogP contribution in [0.25, 0.3) is 0 Å². The summed E-state index contributed by atoms with van der Waals surface area (Å²) in [5.41, 5.74) is 3.01. The van der Waals surface area contributed by atoms with Crippen molar-refractivity contribution >= 4 is 11.8 Å². The number of thioether (sulfide) groups is 1. The molecule has 0 atom stereocenters. The van der Waals surface area contributed by atoms with Gasteiger partial charge in [-0.3, -0.25) is 9.48 Å². The minimum Gasteiger partial charge on any atom is -0.456 e. The monoisotopic (exact) mass is 475 g/mol. The van der Waals surface area contributed by atoms with Crippen LogP contribution in [0.4, 0.5) is 4.39 Å². The van der Waals surface area contributed by atoms with Crippen molar-refractivity contribution in [2.75, 3.05) is 0 Å². The molecule has 0 unspecified atom stereocenters. The van der Waals surface area contributed by atoms with Gasteiger partial charge in [0, 0.05) is 44.2 Å². The number of ether oxygens (including phenoxy) is 1. The average Bonchev–Trinajstić information content (AvgIpc) is 3.22. The lowest BCUT2D eigenvalue weighted by molar-refractivity contribution is 0.478.